The average molecular weight is 649 g/mol. The molecular formula is C24H11BrF6N2O4S2. The van der Waals surface area contributed by atoms with Crippen LogP contribution < -0.4 is 9.64 Å². The number of amides is 1. The second-order valence-corrected chi connectivity index (χ2v) is 10.4. The molecule has 0 bridgehead atoms. The summed E-state index contributed by atoms with van der Waals surface area (Å²) >= 11 is 9.27. The summed E-state index contributed by atoms with van der Waals surface area (Å²) in [5, 5.41) is 11.4. The molecule has 1 aliphatic rings. The van der Waals surface area contributed by atoms with E-state index in [1.165, 1.54) is 30.3 Å². The van der Waals surface area contributed by atoms with E-state index in [1.54, 1.807) is 0 Å². The number of benzene rings is 3. The van der Waals surface area contributed by atoms with Crippen molar-refractivity contribution in [3.05, 3.63) is 96.8 Å². The highest BCUT2D eigenvalue weighted by Crippen LogP contribution is 2.42. The van der Waals surface area contributed by atoms with E-state index in [9.17, 15) is 41.3 Å². The van der Waals surface area contributed by atoms with Crippen molar-refractivity contribution in [2.75, 3.05) is 4.90 Å². The molecule has 1 saturated heterocycles. The predicted molar refractivity (Wildman–Crippen MR) is 139 cm³/mol. The van der Waals surface area contributed by atoms with E-state index in [0.29, 0.717) is 16.6 Å². The van der Waals surface area contributed by atoms with Gasteiger partial charge in [0.1, 0.15) is 5.75 Å². The van der Waals surface area contributed by atoms with Gasteiger partial charge in [0.2, 0.25) is 5.75 Å². The molecule has 4 rings (SSSR count). The van der Waals surface area contributed by atoms with Crippen molar-refractivity contribution in [2.24, 2.45) is 0 Å². The van der Waals surface area contributed by atoms with Crippen LogP contribution in [-0.4, -0.2) is 15.2 Å². The Balaban J connectivity index is 1.71. The predicted octanol–water partition coefficient (Wildman–Crippen LogP) is 8.59. The van der Waals surface area contributed by atoms with Crippen LogP contribution in [0.5, 0.6) is 11.5 Å². The van der Waals surface area contributed by atoms with Crippen molar-refractivity contribution >= 4 is 67.6 Å². The molecule has 0 atom stereocenters. The first-order valence-electron chi connectivity index (χ1n) is 10.4. The molecule has 202 valence electrons. The second-order valence-electron chi connectivity index (χ2n) is 7.79. The fourth-order valence-electron chi connectivity index (χ4n) is 3.42. The van der Waals surface area contributed by atoms with Crippen LogP contribution in [0.3, 0.4) is 0 Å². The molecule has 0 radical (unpaired) electrons. The summed E-state index contributed by atoms with van der Waals surface area (Å²) < 4.78 is 84.7. The topological polar surface area (TPSA) is 72.7 Å². The number of anilines is 1. The van der Waals surface area contributed by atoms with E-state index in [0.717, 1.165) is 40.9 Å². The van der Waals surface area contributed by atoms with Crippen LogP contribution in [0.25, 0.3) is 6.08 Å². The van der Waals surface area contributed by atoms with Gasteiger partial charge in [-0.15, -0.1) is 0 Å². The Bertz CT molecular complexity index is 1540. The molecule has 0 spiro atoms. The maximum Gasteiger partial charge on any atom is 0.416 e. The number of hydrogen-bond donors (Lipinski definition) is 0. The summed E-state index contributed by atoms with van der Waals surface area (Å²) in [5.41, 5.74) is -3.06. The minimum absolute atomic E-state index is 0.00211. The maximum atomic E-state index is 13.2. The molecular weight excluding hydrogens is 638 g/mol. The van der Waals surface area contributed by atoms with Crippen LogP contribution in [0, 0.1) is 10.1 Å². The minimum atomic E-state index is -4.82. The van der Waals surface area contributed by atoms with Gasteiger partial charge < -0.3 is 4.74 Å². The molecule has 0 aliphatic carbocycles. The third-order valence-electron chi connectivity index (χ3n) is 5.19. The highest BCUT2D eigenvalue weighted by molar-refractivity contribution is 9.10. The fraction of sp³-hybridized carbons (Fsp3) is 0.0833. The molecule has 1 amide bonds. The Morgan fingerprint density at radius 3 is 2.23 bits per heavy atom. The van der Waals surface area contributed by atoms with Crippen molar-refractivity contribution in [3.63, 3.8) is 0 Å². The van der Waals surface area contributed by atoms with Crippen molar-refractivity contribution in [1.29, 1.82) is 0 Å². The maximum absolute atomic E-state index is 13.2. The number of rotatable bonds is 5. The van der Waals surface area contributed by atoms with Crippen molar-refractivity contribution < 1.29 is 40.8 Å². The Labute approximate surface area is 233 Å². The number of nitro groups is 1. The summed E-state index contributed by atoms with van der Waals surface area (Å²) in [6.07, 6.45) is -8.15. The summed E-state index contributed by atoms with van der Waals surface area (Å²) in [7, 11) is 0. The number of hydrogen-bond acceptors (Lipinski definition) is 6. The van der Waals surface area contributed by atoms with Gasteiger partial charge >= 0.3 is 18.0 Å². The molecule has 1 fully saturated rings. The molecule has 1 aliphatic heterocycles. The zero-order valence-corrected chi connectivity index (χ0v) is 22.1. The second kappa shape index (κ2) is 10.6. The minimum Gasteiger partial charge on any atom is -0.449 e. The molecule has 0 saturated carbocycles. The van der Waals surface area contributed by atoms with E-state index >= 15 is 0 Å². The Morgan fingerprint density at radius 1 is 0.949 bits per heavy atom. The van der Waals surface area contributed by atoms with Gasteiger partial charge in [-0.05, 0) is 54.6 Å². The van der Waals surface area contributed by atoms with Gasteiger partial charge in [0.05, 0.1) is 26.6 Å². The van der Waals surface area contributed by atoms with E-state index in [-0.39, 0.29) is 26.2 Å². The number of nitro benzene ring substituents is 1. The lowest BCUT2D eigenvalue weighted by molar-refractivity contribution is -0.385. The third-order valence-corrected chi connectivity index (χ3v) is 6.98. The summed E-state index contributed by atoms with van der Waals surface area (Å²) in [6.45, 7) is 0. The van der Waals surface area contributed by atoms with Gasteiger partial charge in [-0.25, -0.2) is 0 Å². The average Bonchev–Trinajstić information content (AvgIpc) is 3.12. The lowest BCUT2D eigenvalue weighted by Gasteiger charge is -2.16. The van der Waals surface area contributed by atoms with Gasteiger partial charge in [0.25, 0.3) is 5.91 Å². The molecule has 3 aromatic carbocycles. The smallest absolute Gasteiger partial charge is 0.416 e. The molecule has 3 aromatic rings. The van der Waals surface area contributed by atoms with Crippen LogP contribution in [0.1, 0.15) is 16.7 Å². The zero-order valence-electron chi connectivity index (χ0n) is 18.8. The summed E-state index contributed by atoms with van der Waals surface area (Å²) in [6, 6.07) is 10.2. The molecule has 15 heteroatoms. The van der Waals surface area contributed by atoms with Crippen LogP contribution in [-0.2, 0) is 17.1 Å². The van der Waals surface area contributed by atoms with Gasteiger partial charge in [-0.3, -0.25) is 19.8 Å². The SMILES string of the molecule is O=C1/C(=C/c2cc(Br)ccc2Oc2ccc(C(F)(F)F)cc2[N+](=O)[O-])SC(=S)N1c1cccc(C(F)(F)F)c1. The van der Waals surface area contributed by atoms with Crippen LogP contribution in [0.4, 0.5) is 37.7 Å². The number of ether oxygens (including phenoxy) is 1. The first-order chi connectivity index (χ1) is 18.1. The molecule has 0 aromatic heterocycles. The molecule has 39 heavy (non-hydrogen) atoms. The lowest BCUT2D eigenvalue weighted by atomic mass is 10.1. The fourth-order valence-corrected chi connectivity index (χ4v) is 5.09. The van der Waals surface area contributed by atoms with Crippen LogP contribution in [0.15, 0.2) is 70.0 Å². The van der Waals surface area contributed by atoms with Crippen molar-refractivity contribution in [2.45, 2.75) is 12.4 Å². The number of alkyl halides is 6. The number of thiocarbonyl (C=S) groups is 1. The van der Waals surface area contributed by atoms with E-state index in [4.69, 9.17) is 17.0 Å². The number of halogens is 7. The first kappa shape index (κ1) is 28.6. The molecule has 1 heterocycles. The first-order valence-corrected chi connectivity index (χ1v) is 12.4. The summed E-state index contributed by atoms with van der Waals surface area (Å²) in [4.78, 5) is 24.5. The Kier molecular flexibility index (Phi) is 7.78. The largest absolute Gasteiger partial charge is 0.449 e. The van der Waals surface area contributed by atoms with Gasteiger partial charge in [-0.1, -0.05) is 46.0 Å². The molecule has 0 unspecified atom stereocenters. The van der Waals surface area contributed by atoms with Gasteiger partial charge in [-0.2, -0.15) is 26.3 Å². The highest BCUT2D eigenvalue weighted by Gasteiger charge is 2.37. The highest BCUT2D eigenvalue weighted by atomic mass is 79.9. The number of nitrogens with zero attached hydrogens (tertiary/aromatic N) is 2. The van der Waals surface area contributed by atoms with Crippen LogP contribution >= 0.6 is 39.9 Å². The van der Waals surface area contributed by atoms with Crippen LogP contribution in [0.2, 0.25) is 0 Å². The molecule has 0 N–H and O–H groups in total. The van der Waals surface area contributed by atoms with Gasteiger partial charge in [0.15, 0.2) is 4.32 Å². The van der Waals surface area contributed by atoms with Crippen molar-refractivity contribution in [3.8, 4) is 11.5 Å². The summed E-state index contributed by atoms with van der Waals surface area (Å²) in [5.74, 6) is -1.26. The Morgan fingerprint density at radius 2 is 1.59 bits per heavy atom. The lowest BCUT2D eigenvalue weighted by Crippen LogP contribution is -2.27. The third kappa shape index (κ3) is 6.25. The molecule has 6 nitrogen and oxygen atoms in total. The monoisotopic (exact) mass is 648 g/mol. The van der Waals surface area contributed by atoms with E-state index in [1.807, 2.05) is 0 Å². The number of thioether (sulfide) groups is 1. The normalized spacial score (nSPS) is 15.3. The zero-order chi connectivity index (χ0) is 28.7. The Hall–Kier alpha value is -3.43. The van der Waals surface area contributed by atoms with Gasteiger partial charge in [0, 0.05) is 16.1 Å². The quantitative estimate of drug-likeness (QED) is 0.0907. The van der Waals surface area contributed by atoms with E-state index < -0.39 is 45.7 Å². The number of carbonyl (C=O) groups is 1. The van der Waals surface area contributed by atoms with Crippen molar-refractivity contribution in [1.82, 2.24) is 0 Å². The van der Waals surface area contributed by atoms with E-state index in [2.05, 4.69) is 15.9 Å². The number of carbonyl (C=O) groups excluding carboxylic acids is 1. The standard InChI is InChI=1S/C24H11BrF6N2O4S2/c25-15-5-7-18(37-19-6-4-14(24(29,30)31)11-17(19)33(35)36)12(8-15)9-20-21(34)32(22(38)39-20)16-3-1-2-13(10-16)23(26,27)28/h1-11H/b20-9-.